The van der Waals surface area contributed by atoms with E-state index in [0.717, 1.165) is 12.9 Å². The van der Waals surface area contributed by atoms with Gasteiger partial charge in [0.1, 0.15) is 12.1 Å². The fourth-order valence-corrected chi connectivity index (χ4v) is 1.47. The average molecular weight is 387 g/mol. The number of nitrogens with two attached hydrogens (primary N) is 3. The topological polar surface area (TPSA) is 210 Å². The summed E-state index contributed by atoms with van der Waals surface area (Å²) in [6.45, 7) is 3.62. The minimum Gasteiger partial charge on any atom is -0.480 e. The summed E-state index contributed by atoms with van der Waals surface area (Å²) in [4.78, 5) is 29.4. The van der Waals surface area contributed by atoms with Crippen LogP contribution in [0.25, 0.3) is 0 Å². The minimum atomic E-state index is -0.968. The second-order valence-corrected chi connectivity index (χ2v) is 5.88. The summed E-state index contributed by atoms with van der Waals surface area (Å²) < 4.78 is 0. The number of thioether (sulfide) groups is 1. The van der Waals surface area contributed by atoms with E-state index in [1.54, 1.807) is 11.8 Å². The number of aliphatic carboxylic acids is 3. The van der Waals surface area contributed by atoms with E-state index < -0.39 is 30.0 Å². The van der Waals surface area contributed by atoms with Crippen molar-refractivity contribution < 1.29 is 34.8 Å². The van der Waals surface area contributed by atoms with E-state index in [1.165, 1.54) is 0 Å². The number of carbonyl (C=O) groups is 3. The molecule has 0 heterocycles. The predicted molar refractivity (Wildman–Crippen MR) is 98.5 cm³/mol. The molecule has 0 amide bonds. The van der Waals surface area contributed by atoms with Crippen molar-refractivity contribution in [2.45, 2.75) is 38.8 Å². The first-order valence-corrected chi connectivity index (χ1v) is 8.71. The van der Waals surface area contributed by atoms with Crippen molar-refractivity contribution in [2.75, 3.05) is 25.7 Å². The third-order valence-corrected chi connectivity index (χ3v) is 2.81. The summed E-state index contributed by atoms with van der Waals surface area (Å²) in [6.07, 6.45) is 3.03. The number of hydrogen-bond acceptors (Lipinski definition) is 8. The maximum atomic E-state index is 10.1. The van der Waals surface area contributed by atoms with Crippen LogP contribution >= 0.6 is 11.8 Å². The molecule has 0 aliphatic carbocycles. The van der Waals surface area contributed by atoms with Gasteiger partial charge in [0.15, 0.2) is 0 Å². The number of rotatable bonds is 8. The molecule has 10 nitrogen and oxygen atoms in total. The predicted octanol–water partition coefficient (Wildman–Crippen LogP) is -0.766. The van der Waals surface area contributed by atoms with Crippen molar-refractivity contribution in [1.82, 2.24) is 0 Å². The van der Waals surface area contributed by atoms with Gasteiger partial charge in [0.2, 0.25) is 0 Å². The summed E-state index contributed by atoms with van der Waals surface area (Å²) in [6, 6.07) is -1.37. The van der Waals surface area contributed by atoms with E-state index in [2.05, 4.69) is 5.73 Å². The molecule has 0 aliphatic rings. The van der Waals surface area contributed by atoms with E-state index in [4.69, 9.17) is 31.9 Å². The van der Waals surface area contributed by atoms with Crippen LogP contribution in [-0.4, -0.2) is 76.1 Å². The van der Waals surface area contributed by atoms with Crippen LogP contribution in [0, 0.1) is 5.92 Å². The molecule has 0 aliphatic heterocycles. The quantitative estimate of drug-likeness (QED) is 0.275. The lowest BCUT2D eigenvalue weighted by atomic mass is 10.1. The highest BCUT2D eigenvalue weighted by Gasteiger charge is 2.12. The molecular formula is C14H33N3O7S. The second-order valence-electron chi connectivity index (χ2n) is 4.90. The zero-order valence-electron chi connectivity index (χ0n) is 15.2. The first kappa shape index (κ1) is 31.4. The van der Waals surface area contributed by atoms with Gasteiger partial charge in [-0.1, -0.05) is 13.8 Å². The molecule has 0 fully saturated rings. The first-order chi connectivity index (χ1) is 11.5. The number of aliphatic hydroxyl groups is 1. The Kier molecular flexibility index (Phi) is 28.4. The fourth-order valence-electron chi connectivity index (χ4n) is 0.977. The lowest BCUT2D eigenvalue weighted by Crippen LogP contribution is -2.31. The van der Waals surface area contributed by atoms with E-state index >= 15 is 0 Å². The van der Waals surface area contributed by atoms with Gasteiger partial charge in [-0.15, -0.1) is 0 Å². The van der Waals surface area contributed by atoms with Crippen LogP contribution in [0.1, 0.15) is 26.7 Å². The highest BCUT2D eigenvalue weighted by molar-refractivity contribution is 7.98. The van der Waals surface area contributed by atoms with Crippen LogP contribution in [0.3, 0.4) is 0 Å². The van der Waals surface area contributed by atoms with Crippen molar-refractivity contribution >= 4 is 29.7 Å². The Bertz CT molecular complexity index is 344. The monoisotopic (exact) mass is 387 g/mol. The Morgan fingerprint density at radius 1 is 0.960 bits per heavy atom. The van der Waals surface area contributed by atoms with Crippen molar-refractivity contribution in [2.24, 2.45) is 23.1 Å². The van der Waals surface area contributed by atoms with Crippen LogP contribution < -0.4 is 17.2 Å². The summed E-state index contributed by atoms with van der Waals surface area (Å²) >= 11 is 1.60. The lowest BCUT2D eigenvalue weighted by Gasteiger charge is -2.07. The van der Waals surface area contributed by atoms with Gasteiger partial charge in [0.25, 0.3) is 0 Å². The van der Waals surface area contributed by atoms with Crippen LogP contribution in [0.4, 0.5) is 0 Å². The summed E-state index contributed by atoms with van der Waals surface area (Å²) in [5.74, 6) is -1.62. The molecule has 25 heavy (non-hydrogen) atoms. The van der Waals surface area contributed by atoms with E-state index in [-0.39, 0.29) is 6.54 Å². The Hall–Kier alpha value is -1.40. The molecule has 0 aromatic carbocycles. The lowest BCUT2D eigenvalue weighted by molar-refractivity contribution is -0.139. The largest absolute Gasteiger partial charge is 0.480 e. The Morgan fingerprint density at radius 2 is 1.32 bits per heavy atom. The molecular weight excluding hydrogens is 354 g/mol. The second kappa shape index (κ2) is 22.6. The molecule has 0 radical (unpaired) electrons. The van der Waals surface area contributed by atoms with Gasteiger partial charge in [-0.25, -0.2) is 0 Å². The number of hydrogen-bond donors (Lipinski definition) is 7. The first-order valence-electron chi connectivity index (χ1n) is 7.31. The van der Waals surface area contributed by atoms with Crippen molar-refractivity contribution in [1.29, 1.82) is 0 Å². The maximum absolute atomic E-state index is 10.1. The average Bonchev–Trinajstić information content (AvgIpc) is 2.54. The van der Waals surface area contributed by atoms with Gasteiger partial charge in [0, 0.05) is 7.11 Å². The fraction of sp³-hybridized carbons (Fsp3) is 0.786. The highest BCUT2D eigenvalue weighted by atomic mass is 32.2. The molecule has 152 valence electrons. The third-order valence-electron chi connectivity index (χ3n) is 2.17. The number of carboxylic acids is 3. The molecule has 0 saturated heterocycles. The SMILES string of the molecule is CC(C)C[C@H](N)C(=O)O.CO.CSCC[C@H](N)C(=O)O.NCC(=O)O. The summed E-state index contributed by atoms with van der Waals surface area (Å²) in [7, 11) is 1.00. The van der Waals surface area contributed by atoms with Gasteiger partial charge in [-0.05, 0) is 30.8 Å². The van der Waals surface area contributed by atoms with Gasteiger partial charge in [-0.3, -0.25) is 14.4 Å². The Balaban J connectivity index is -0.000000131. The number of carboxylic acid groups (broad SMARTS) is 3. The van der Waals surface area contributed by atoms with Gasteiger partial charge < -0.3 is 37.6 Å². The molecule has 11 heteroatoms. The van der Waals surface area contributed by atoms with Crippen molar-refractivity contribution in [3.63, 3.8) is 0 Å². The smallest absolute Gasteiger partial charge is 0.320 e. The van der Waals surface area contributed by atoms with Crippen LogP contribution in [-0.2, 0) is 14.4 Å². The van der Waals surface area contributed by atoms with Gasteiger partial charge in [-0.2, -0.15) is 11.8 Å². The third kappa shape index (κ3) is 34.8. The molecule has 0 saturated carbocycles. The molecule has 2 atom stereocenters. The van der Waals surface area contributed by atoms with Crippen LogP contribution in [0.5, 0.6) is 0 Å². The Morgan fingerprint density at radius 3 is 1.48 bits per heavy atom. The van der Waals surface area contributed by atoms with Gasteiger partial charge >= 0.3 is 17.9 Å². The van der Waals surface area contributed by atoms with Crippen LogP contribution in [0.15, 0.2) is 0 Å². The molecule has 0 rings (SSSR count). The van der Waals surface area contributed by atoms with Crippen molar-refractivity contribution in [3.05, 3.63) is 0 Å². The molecule has 0 bridgehead atoms. The van der Waals surface area contributed by atoms with E-state index in [1.807, 2.05) is 20.1 Å². The molecule has 0 aromatic heterocycles. The molecule has 0 unspecified atom stereocenters. The number of aliphatic hydroxyl groups excluding tert-OH is 1. The molecule has 0 aromatic rings. The van der Waals surface area contributed by atoms with Gasteiger partial charge in [0.05, 0.1) is 6.54 Å². The maximum Gasteiger partial charge on any atom is 0.320 e. The van der Waals surface area contributed by atoms with E-state index in [9.17, 15) is 14.4 Å². The van der Waals surface area contributed by atoms with Crippen LogP contribution in [0.2, 0.25) is 0 Å². The summed E-state index contributed by atoms with van der Waals surface area (Å²) in [5, 5.41) is 31.2. The zero-order chi connectivity index (χ0) is 21.0. The Labute approximate surface area is 152 Å². The zero-order valence-corrected chi connectivity index (χ0v) is 16.0. The normalized spacial score (nSPS) is 11.4. The summed E-state index contributed by atoms with van der Waals surface area (Å²) in [5.41, 5.74) is 15.0. The highest BCUT2D eigenvalue weighted by Crippen LogP contribution is 2.01. The standard InChI is InChI=1S/C6H13NO2.C5H11NO2S.C2H5NO2.CH4O/c1-4(2)3-5(7)6(8)9;1-9-3-2-4(6)5(7)8;3-1-2(4)5;1-2/h4-5H,3,7H2,1-2H3,(H,8,9);4H,2-3,6H2,1H3,(H,7,8);1,3H2,(H,4,5);2H,1H3/t5-;4-;;/m00../s1. The molecule has 10 N–H and O–H groups in total. The van der Waals surface area contributed by atoms with E-state index in [0.29, 0.717) is 18.8 Å². The van der Waals surface area contributed by atoms with Crippen molar-refractivity contribution in [3.8, 4) is 0 Å². The minimum absolute atomic E-state index is 0.278. The molecule has 0 spiro atoms.